The summed E-state index contributed by atoms with van der Waals surface area (Å²) in [6.45, 7) is 6.08. The van der Waals surface area contributed by atoms with Crippen LogP contribution in [-0.4, -0.2) is 98.2 Å². The molecular formula is C34H38FN9O3. The van der Waals surface area contributed by atoms with Crippen molar-refractivity contribution in [2.45, 2.75) is 26.3 Å². The largest absolute Gasteiger partial charge is 0.483 e. The van der Waals surface area contributed by atoms with Crippen molar-refractivity contribution < 1.29 is 19.1 Å². The van der Waals surface area contributed by atoms with Crippen LogP contribution in [0.2, 0.25) is 0 Å². The second-order valence-corrected chi connectivity index (χ2v) is 11.7. The number of pyridine rings is 1. The lowest BCUT2D eigenvalue weighted by atomic mass is 10.0. The number of fused-ring (bicyclic) bond motifs is 2. The van der Waals surface area contributed by atoms with Gasteiger partial charge in [-0.05, 0) is 87.5 Å². The van der Waals surface area contributed by atoms with Crippen LogP contribution in [0.5, 0.6) is 0 Å². The summed E-state index contributed by atoms with van der Waals surface area (Å²) in [7, 11) is 3.92. The van der Waals surface area contributed by atoms with Crippen molar-refractivity contribution in [2.75, 3.05) is 50.5 Å². The van der Waals surface area contributed by atoms with Crippen LogP contribution < -0.4 is 10.2 Å². The number of hydrogen-bond donors (Lipinski definition) is 2. The molecule has 1 aliphatic rings. The molecule has 1 saturated heterocycles. The van der Waals surface area contributed by atoms with Crippen LogP contribution in [0.1, 0.15) is 23.6 Å². The van der Waals surface area contributed by atoms with E-state index in [1.807, 2.05) is 78.3 Å². The molecule has 0 radical (unpaired) electrons. The van der Waals surface area contributed by atoms with Gasteiger partial charge >= 0.3 is 0 Å². The third kappa shape index (κ3) is 7.69. The van der Waals surface area contributed by atoms with E-state index in [2.05, 4.69) is 38.4 Å². The van der Waals surface area contributed by atoms with Crippen LogP contribution in [-0.2, 0) is 16.0 Å². The maximum absolute atomic E-state index is 16.2. The molecular weight excluding hydrogens is 601 g/mol. The second-order valence-electron chi connectivity index (χ2n) is 11.7. The zero-order valence-corrected chi connectivity index (χ0v) is 26.8. The van der Waals surface area contributed by atoms with Crippen molar-refractivity contribution in [1.82, 2.24) is 34.4 Å². The maximum Gasteiger partial charge on any atom is 0.290 e. The van der Waals surface area contributed by atoms with Gasteiger partial charge < -0.3 is 25.1 Å². The van der Waals surface area contributed by atoms with Gasteiger partial charge in [-0.2, -0.15) is 5.10 Å². The molecule has 244 valence electrons. The fraction of sp³-hybridized carbons (Fsp3) is 0.294. The minimum absolute atomic E-state index is 0.0180. The van der Waals surface area contributed by atoms with Gasteiger partial charge in [0.15, 0.2) is 11.5 Å². The average Bonchev–Trinajstić information content (AvgIpc) is 3.51. The molecule has 0 aliphatic carbocycles. The lowest BCUT2D eigenvalue weighted by Gasteiger charge is -2.40. The molecule has 12 nitrogen and oxygen atoms in total. The summed E-state index contributed by atoms with van der Waals surface area (Å²) in [6, 6.07) is 13.7. The van der Waals surface area contributed by atoms with Crippen molar-refractivity contribution in [2.24, 2.45) is 0 Å². The molecule has 2 aromatic carbocycles. The lowest BCUT2D eigenvalue weighted by molar-refractivity contribution is -0.128. The summed E-state index contributed by atoms with van der Waals surface area (Å²) >= 11 is 0. The normalized spacial score (nSPS) is 14.9. The summed E-state index contributed by atoms with van der Waals surface area (Å²) in [5.74, 6) is 0.0166. The first-order valence-corrected chi connectivity index (χ1v) is 15.2. The van der Waals surface area contributed by atoms with Gasteiger partial charge in [-0.3, -0.25) is 9.59 Å². The van der Waals surface area contributed by atoms with Gasteiger partial charge in [-0.15, -0.1) is 0 Å². The van der Waals surface area contributed by atoms with Crippen LogP contribution in [0.4, 0.5) is 21.6 Å². The van der Waals surface area contributed by atoms with Gasteiger partial charge in [-0.1, -0.05) is 12.1 Å². The maximum atomic E-state index is 16.2. The van der Waals surface area contributed by atoms with Gasteiger partial charge in [0.1, 0.15) is 18.5 Å². The summed E-state index contributed by atoms with van der Waals surface area (Å²) in [5.41, 5.74) is 6.06. The smallest absolute Gasteiger partial charge is 0.290 e. The molecule has 4 heterocycles. The number of piperazine rings is 1. The molecule has 0 saturated carbocycles. The molecule has 1 aliphatic heterocycles. The first-order valence-electron chi connectivity index (χ1n) is 15.2. The zero-order chi connectivity index (χ0) is 33.5. The van der Waals surface area contributed by atoms with Crippen molar-refractivity contribution >= 4 is 46.1 Å². The van der Waals surface area contributed by atoms with E-state index in [-0.39, 0.29) is 24.2 Å². The minimum atomic E-state index is -0.374. The van der Waals surface area contributed by atoms with Gasteiger partial charge in [0.25, 0.3) is 6.47 Å². The highest BCUT2D eigenvalue weighted by molar-refractivity contribution is 5.94. The Kier molecular flexibility index (Phi) is 10.4. The molecule has 3 aromatic heterocycles. The van der Waals surface area contributed by atoms with Gasteiger partial charge in [0, 0.05) is 50.2 Å². The number of aromatic nitrogens is 5. The molecule has 0 bridgehead atoms. The average molecular weight is 640 g/mol. The van der Waals surface area contributed by atoms with Crippen molar-refractivity contribution in [3.05, 3.63) is 96.0 Å². The molecule has 1 atom stereocenters. The number of anilines is 3. The number of carbonyl (C=O) groups excluding carboxylic acids is 1. The highest BCUT2D eigenvalue weighted by Crippen LogP contribution is 2.33. The summed E-state index contributed by atoms with van der Waals surface area (Å²) in [5, 5.41) is 14.7. The number of nitrogens with zero attached hydrogens (tertiary/aromatic N) is 8. The highest BCUT2D eigenvalue weighted by Gasteiger charge is 2.28. The quantitative estimate of drug-likeness (QED) is 0.187. The molecule has 47 heavy (non-hydrogen) atoms. The second kappa shape index (κ2) is 14.8. The Labute approximate surface area is 272 Å². The number of likely N-dealkylation sites (N-methyl/N-ethyl adjacent to an activating group) is 1. The molecule has 1 fully saturated rings. The molecule has 13 heteroatoms. The number of amides is 1. The van der Waals surface area contributed by atoms with Crippen molar-refractivity contribution in [3.8, 4) is 0 Å². The van der Waals surface area contributed by atoms with Crippen molar-refractivity contribution in [1.29, 1.82) is 0 Å². The Morgan fingerprint density at radius 2 is 1.91 bits per heavy atom. The number of benzene rings is 2. The van der Waals surface area contributed by atoms with E-state index in [1.54, 1.807) is 23.0 Å². The topological polar surface area (TPSA) is 132 Å². The predicted molar refractivity (Wildman–Crippen MR) is 180 cm³/mol. The Bertz CT molecular complexity index is 1910. The number of carbonyl (C=O) groups is 2. The van der Waals surface area contributed by atoms with Crippen LogP contribution in [0.25, 0.3) is 16.6 Å². The van der Waals surface area contributed by atoms with Crippen LogP contribution >= 0.6 is 0 Å². The van der Waals surface area contributed by atoms with E-state index >= 15 is 4.39 Å². The third-order valence-electron chi connectivity index (χ3n) is 8.05. The van der Waals surface area contributed by atoms with Crippen molar-refractivity contribution in [3.63, 3.8) is 0 Å². The number of nitrogens with one attached hydrogen (secondary N) is 1. The number of rotatable bonds is 8. The fourth-order valence-electron chi connectivity index (χ4n) is 5.70. The SMILES string of the molecule is Cc1cc(Nc2ncnc3ccc(N4CCN(C(=O)/C=C/CN(C)C)[C@H](C)C4)c(F)c23)ccc1Cc1ccn2ncnc2c1.O=CO. The molecule has 0 unspecified atom stereocenters. The third-order valence-corrected chi connectivity index (χ3v) is 8.05. The number of hydrogen-bond acceptors (Lipinski definition) is 9. The molecule has 1 amide bonds. The molecule has 5 aromatic rings. The molecule has 2 N–H and O–H groups in total. The van der Waals surface area contributed by atoms with E-state index in [0.29, 0.717) is 48.6 Å². The van der Waals surface area contributed by atoms with Gasteiger partial charge in [0.2, 0.25) is 5.91 Å². The van der Waals surface area contributed by atoms with Crippen LogP contribution in [0, 0.1) is 12.7 Å². The fourth-order valence-corrected chi connectivity index (χ4v) is 5.70. The van der Waals surface area contributed by atoms with E-state index < -0.39 is 0 Å². The highest BCUT2D eigenvalue weighted by atomic mass is 19.1. The Morgan fingerprint density at radius 3 is 2.66 bits per heavy atom. The zero-order valence-electron chi connectivity index (χ0n) is 26.8. The first kappa shape index (κ1) is 32.9. The Hall–Kier alpha value is -5.43. The standard InChI is InChI=1S/C33H36FN9O.CH2O2/c1-22-16-26(8-7-25(22)17-24-11-13-43-29(18-24)36-21-38-43)39-33-31-27(35-20-37-33)9-10-28(32(31)34)41-14-15-42(23(2)19-41)30(44)6-5-12-40(3)4;2-1-3/h5-11,13,16,18,20-21,23H,12,14-15,17,19H2,1-4H3,(H,35,37,39);1H,(H,2,3)/b6-5+;/t23-;/m1./s1. The van der Waals surface area contributed by atoms with Gasteiger partial charge in [0.05, 0.1) is 16.6 Å². The molecule has 6 rings (SSSR count). The van der Waals surface area contributed by atoms with E-state index in [9.17, 15) is 4.79 Å². The summed E-state index contributed by atoms with van der Waals surface area (Å²) in [6.07, 6.45) is 9.16. The first-order chi connectivity index (χ1) is 22.7. The van der Waals surface area contributed by atoms with Gasteiger partial charge in [-0.25, -0.2) is 23.9 Å². The monoisotopic (exact) mass is 639 g/mol. The Balaban J connectivity index is 0.00000139. The van der Waals surface area contributed by atoms with E-state index in [1.165, 1.54) is 11.9 Å². The lowest BCUT2D eigenvalue weighted by Crippen LogP contribution is -2.54. The molecule has 0 spiro atoms. The number of aryl methyl sites for hydroxylation is 1. The number of carboxylic acid groups (broad SMARTS) is 1. The van der Waals surface area contributed by atoms with E-state index in [0.717, 1.165) is 28.9 Å². The van der Waals surface area contributed by atoms with E-state index in [4.69, 9.17) is 9.90 Å². The Morgan fingerprint density at radius 1 is 1.11 bits per heavy atom. The number of halogens is 1. The minimum Gasteiger partial charge on any atom is -0.483 e. The summed E-state index contributed by atoms with van der Waals surface area (Å²) < 4.78 is 18.0. The summed E-state index contributed by atoms with van der Waals surface area (Å²) in [4.78, 5) is 40.0. The van der Waals surface area contributed by atoms with Crippen LogP contribution in [0.3, 0.4) is 0 Å². The predicted octanol–water partition coefficient (Wildman–Crippen LogP) is 4.31. The van der Waals surface area contributed by atoms with Crippen LogP contribution in [0.15, 0.2) is 73.5 Å².